The number of aromatic nitrogens is 2. The molecule has 6 heteroatoms. The first-order valence-electron chi connectivity index (χ1n) is 7.24. The van der Waals surface area contributed by atoms with Crippen LogP contribution in [0.5, 0.6) is 11.5 Å². The minimum absolute atomic E-state index is 0.584. The second kappa shape index (κ2) is 6.45. The number of fused-ring (bicyclic) bond motifs is 1. The first-order chi connectivity index (χ1) is 11.6. The molecular formula is C18H16N2O4. The fourth-order valence-corrected chi connectivity index (χ4v) is 2.52. The van der Waals surface area contributed by atoms with Gasteiger partial charge in [-0.25, -0.2) is 9.78 Å². The molecule has 6 nitrogen and oxygen atoms in total. The van der Waals surface area contributed by atoms with Crippen LogP contribution >= 0.6 is 0 Å². The summed E-state index contributed by atoms with van der Waals surface area (Å²) in [6, 6.07) is 11.1. The van der Waals surface area contributed by atoms with Crippen molar-refractivity contribution in [1.29, 1.82) is 0 Å². The number of benzene rings is 1. The van der Waals surface area contributed by atoms with Gasteiger partial charge in [0, 0.05) is 17.8 Å². The number of ether oxygens (including phenoxy) is 2. The minimum Gasteiger partial charge on any atom is -0.493 e. The van der Waals surface area contributed by atoms with Crippen molar-refractivity contribution >= 4 is 17.7 Å². The van der Waals surface area contributed by atoms with E-state index in [4.69, 9.17) is 14.6 Å². The second-order valence-electron chi connectivity index (χ2n) is 5.02. The van der Waals surface area contributed by atoms with Crippen LogP contribution in [0, 0.1) is 0 Å². The summed E-state index contributed by atoms with van der Waals surface area (Å²) in [5.41, 5.74) is 2.88. The molecule has 0 unspecified atom stereocenters. The van der Waals surface area contributed by atoms with E-state index in [1.54, 1.807) is 20.3 Å². The second-order valence-corrected chi connectivity index (χ2v) is 5.02. The van der Waals surface area contributed by atoms with E-state index in [2.05, 4.69) is 4.98 Å². The van der Waals surface area contributed by atoms with Gasteiger partial charge in [-0.05, 0) is 36.4 Å². The number of methoxy groups -OCH3 is 2. The van der Waals surface area contributed by atoms with Crippen molar-refractivity contribution in [3.05, 3.63) is 54.4 Å². The molecule has 1 N–H and O–H groups in total. The molecule has 0 saturated heterocycles. The molecule has 2 aromatic heterocycles. The number of pyridine rings is 1. The predicted molar refractivity (Wildman–Crippen MR) is 90.4 cm³/mol. The van der Waals surface area contributed by atoms with E-state index < -0.39 is 5.97 Å². The molecule has 122 valence electrons. The number of carboxylic acid groups (broad SMARTS) is 1. The van der Waals surface area contributed by atoms with Gasteiger partial charge in [0.1, 0.15) is 5.65 Å². The van der Waals surface area contributed by atoms with Crippen molar-refractivity contribution in [2.75, 3.05) is 14.2 Å². The molecule has 0 aliphatic rings. The highest BCUT2D eigenvalue weighted by molar-refractivity contribution is 5.87. The highest BCUT2D eigenvalue weighted by Gasteiger charge is 2.14. The van der Waals surface area contributed by atoms with Gasteiger partial charge in [-0.15, -0.1) is 0 Å². The van der Waals surface area contributed by atoms with Crippen molar-refractivity contribution in [3.8, 4) is 22.8 Å². The lowest BCUT2D eigenvalue weighted by atomic mass is 10.1. The molecule has 0 spiro atoms. The molecule has 0 saturated carbocycles. The Morgan fingerprint density at radius 3 is 2.67 bits per heavy atom. The zero-order valence-electron chi connectivity index (χ0n) is 13.3. The summed E-state index contributed by atoms with van der Waals surface area (Å²) in [5, 5.41) is 8.94. The molecule has 0 aliphatic heterocycles. The predicted octanol–water partition coefficient (Wildman–Crippen LogP) is 3.12. The van der Waals surface area contributed by atoms with E-state index in [-0.39, 0.29) is 0 Å². The Balaban J connectivity index is 2.22. The van der Waals surface area contributed by atoms with Crippen LogP contribution in [0.3, 0.4) is 0 Å². The average Bonchev–Trinajstić information content (AvgIpc) is 2.97. The van der Waals surface area contributed by atoms with Crippen molar-refractivity contribution < 1.29 is 19.4 Å². The molecule has 0 aliphatic carbocycles. The highest BCUT2D eigenvalue weighted by Crippen LogP contribution is 2.34. The third-order valence-electron chi connectivity index (χ3n) is 3.61. The van der Waals surface area contributed by atoms with Gasteiger partial charge in [0.25, 0.3) is 0 Å². The molecule has 2 heterocycles. The normalized spacial score (nSPS) is 11.1. The first-order valence-corrected chi connectivity index (χ1v) is 7.24. The lowest BCUT2D eigenvalue weighted by molar-refractivity contribution is -0.131. The number of carbonyl (C=O) groups is 1. The van der Waals surface area contributed by atoms with E-state index in [0.29, 0.717) is 22.9 Å². The van der Waals surface area contributed by atoms with E-state index in [1.165, 1.54) is 6.08 Å². The lowest BCUT2D eigenvalue weighted by Crippen LogP contribution is -1.93. The van der Waals surface area contributed by atoms with E-state index in [9.17, 15) is 4.79 Å². The third kappa shape index (κ3) is 2.81. The van der Waals surface area contributed by atoms with Gasteiger partial charge >= 0.3 is 5.97 Å². The minimum atomic E-state index is -1.01. The molecule has 0 amide bonds. The lowest BCUT2D eigenvalue weighted by Gasteiger charge is -2.09. The summed E-state index contributed by atoms with van der Waals surface area (Å²) in [6.07, 6.45) is 4.48. The van der Waals surface area contributed by atoms with Crippen molar-refractivity contribution in [2.24, 2.45) is 0 Å². The van der Waals surface area contributed by atoms with Crippen LogP contribution in [-0.2, 0) is 4.79 Å². The standard InChI is InChI=1S/C18H16N2O4/c1-23-14-8-6-12(11-15(14)24-2)18-13(7-9-17(21)22)20-10-4-3-5-16(20)19-18/h3-11H,1-2H3,(H,21,22). The third-order valence-corrected chi connectivity index (χ3v) is 3.61. The number of imidazole rings is 1. The fourth-order valence-electron chi connectivity index (χ4n) is 2.52. The van der Waals surface area contributed by atoms with Gasteiger partial charge in [0.2, 0.25) is 0 Å². The van der Waals surface area contributed by atoms with Crippen LogP contribution in [0.15, 0.2) is 48.7 Å². The molecule has 0 radical (unpaired) electrons. The monoisotopic (exact) mass is 324 g/mol. The van der Waals surface area contributed by atoms with Gasteiger partial charge in [-0.1, -0.05) is 6.07 Å². The molecule has 0 atom stereocenters. The Morgan fingerprint density at radius 1 is 1.17 bits per heavy atom. The zero-order valence-corrected chi connectivity index (χ0v) is 13.3. The molecule has 0 bridgehead atoms. The number of rotatable bonds is 5. The largest absolute Gasteiger partial charge is 0.493 e. The van der Waals surface area contributed by atoms with Crippen LogP contribution in [-0.4, -0.2) is 34.7 Å². The van der Waals surface area contributed by atoms with Crippen LogP contribution in [0.4, 0.5) is 0 Å². The number of aliphatic carboxylic acids is 1. The van der Waals surface area contributed by atoms with Gasteiger partial charge in [-0.3, -0.25) is 4.40 Å². The summed E-state index contributed by atoms with van der Waals surface area (Å²) in [7, 11) is 3.14. The first kappa shape index (κ1) is 15.6. The Bertz CT molecular complexity index is 928. The number of hydrogen-bond acceptors (Lipinski definition) is 4. The van der Waals surface area contributed by atoms with Crippen molar-refractivity contribution in [3.63, 3.8) is 0 Å². The van der Waals surface area contributed by atoms with Crippen LogP contribution in [0.25, 0.3) is 23.0 Å². The summed E-state index contributed by atoms with van der Waals surface area (Å²) in [6.45, 7) is 0. The van der Waals surface area contributed by atoms with Gasteiger partial charge in [0.15, 0.2) is 11.5 Å². The van der Waals surface area contributed by atoms with E-state index in [1.807, 2.05) is 40.9 Å². The maximum atomic E-state index is 10.9. The van der Waals surface area contributed by atoms with Crippen LogP contribution < -0.4 is 9.47 Å². The number of nitrogens with zero attached hydrogens (tertiary/aromatic N) is 2. The van der Waals surface area contributed by atoms with Crippen molar-refractivity contribution in [2.45, 2.75) is 0 Å². The topological polar surface area (TPSA) is 73.1 Å². The molecular weight excluding hydrogens is 308 g/mol. The van der Waals surface area contributed by atoms with Gasteiger partial charge < -0.3 is 14.6 Å². The van der Waals surface area contributed by atoms with Crippen molar-refractivity contribution in [1.82, 2.24) is 9.38 Å². The maximum absolute atomic E-state index is 10.9. The summed E-state index contributed by atoms with van der Waals surface area (Å²) in [5.74, 6) is 0.187. The number of hydrogen-bond donors (Lipinski definition) is 1. The Hall–Kier alpha value is -3.28. The molecule has 24 heavy (non-hydrogen) atoms. The van der Waals surface area contributed by atoms with E-state index >= 15 is 0 Å². The average molecular weight is 324 g/mol. The smallest absolute Gasteiger partial charge is 0.328 e. The Morgan fingerprint density at radius 2 is 1.96 bits per heavy atom. The van der Waals surface area contributed by atoms with Crippen LogP contribution in [0.1, 0.15) is 5.69 Å². The Kier molecular flexibility index (Phi) is 4.20. The van der Waals surface area contributed by atoms with Gasteiger partial charge in [-0.2, -0.15) is 0 Å². The molecule has 3 aromatic rings. The SMILES string of the molecule is COc1ccc(-c2nc3ccccn3c2C=CC(=O)O)cc1OC. The quantitative estimate of drug-likeness (QED) is 0.730. The van der Waals surface area contributed by atoms with Crippen LogP contribution in [0.2, 0.25) is 0 Å². The Labute approximate surface area is 138 Å². The zero-order chi connectivity index (χ0) is 17.1. The molecule has 0 fully saturated rings. The maximum Gasteiger partial charge on any atom is 0.328 e. The summed E-state index contributed by atoms with van der Waals surface area (Å²) < 4.78 is 12.4. The molecule has 3 rings (SSSR count). The summed E-state index contributed by atoms with van der Waals surface area (Å²) >= 11 is 0. The highest BCUT2D eigenvalue weighted by atomic mass is 16.5. The number of carboxylic acids is 1. The van der Waals surface area contributed by atoms with E-state index in [0.717, 1.165) is 17.3 Å². The fraction of sp³-hybridized carbons (Fsp3) is 0.111. The van der Waals surface area contributed by atoms with Gasteiger partial charge in [0.05, 0.1) is 25.6 Å². The summed E-state index contributed by atoms with van der Waals surface area (Å²) in [4.78, 5) is 15.5. The molecule has 1 aromatic carbocycles.